The summed E-state index contributed by atoms with van der Waals surface area (Å²) >= 11 is 0. The van der Waals surface area contributed by atoms with Gasteiger partial charge in [-0.05, 0) is 13.0 Å². The summed E-state index contributed by atoms with van der Waals surface area (Å²) in [4.78, 5) is 0. The minimum atomic E-state index is -0.00987. The monoisotopic (exact) mass is 232 g/mol. The van der Waals surface area contributed by atoms with Gasteiger partial charge in [0.25, 0.3) is 0 Å². The second-order valence-corrected chi connectivity index (χ2v) is 4.08. The van der Waals surface area contributed by atoms with Gasteiger partial charge in [0.15, 0.2) is 0 Å². The number of hydrogen-bond acceptors (Lipinski definition) is 3. The highest BCUT2D eigenvalue weighted by Gasteiger charge is 2.04. The van der Waals surface area contributed by atoms with Crippen LogP contribution in [0.5, 0.6) is 5.75 Å². The van der Waals surface area contributed by atoms with Crippen molar-refractivity contribution in [2.75, 3.05) is 0 Å². The van der Waals surface area contributed by atoms with Gasteiger partial charge in [-0.2, -0.15) is 5.10 Å². The maximum absolute atomic E-state index is 9.25. The van der Waals surface area contributed by atoms with Crippen LogP contribution in [-0.2, 0) is 20.3 Å². The van der Waals surface area contributed by atoms with Crippen molar-refractivity contribution in [3.05, 3.63) is 47.3 Å². The first-order chi connectivity index (χ1) is 8.19. The topological polar surface area (TPSA) is 47.3 Å². The van der Waals surface area contributed by atoms with Crippen molar-refractivity contribution >= 4 is 0 Å². The number of aliphatic hydroxyl groups is 1. The van der Waals surface area contributed by atoms with E-state index in [0.717, 1.165) is 22.4 Å². The van der Waals surface area contributed by atoms with Crippen LogP contribution in [0, 0.1) is 6.92 Å². The van der Waals surface area contributed by atoms with Crippen LogP contribution in [0.3, 0.4) is 0 Å². The molecule has 0 radical (unpaired) electrons. The normalized spacial score (nSPS) is 10.5. The van der Waals surface area contributed by atoms with E-state index in [1.54, 1.807) is 10.9 Å². The molecule has 0 aliphatic rings. The molecule has 1 aromatic heterocycles. The van der Waals surface area contributed by atoms with Crippen LogP contribution in [0.1, 0.15) is 16.7 Å². The Kier molecular flexibility index (Phi) is 3.44. The summed E-state index contributed by atoms with van der Waals surface area (Å²) in [6.07, 6.45) is 3.68. The highest BCUT2D eigenvalue weighted by atomic mass is 16.5. The summed E-state index contributed by atoms with van der Waals surface area (Å²) in [7, 11) is 1.87. The molecule has 1 aromatic carbocycles. The predicted octanol–water partition coefficient (Wildman–Crippen LogP) is 1.80. The first-order valence-corrected chi connectivity index (χ1v) is 5.50. The van der Waals surface area contributed by atoms with Crippen LogP contribution in [0.4, 0.5) is 0 Å². The average Bonchev–Trinajstić information content (AvgIpc) is 2.73. The Hall–Kier alpha value is -1.81. The molecule has 0 saturated carbocycles. The van der Waals surface area contributed by atoms with Gasteiger partial charge in [-0.15, -0.1) is 0 Å². The quantitative estimate of drug-likeness (QED) is 0.874. The van der Waals surface area contributed by atoms with Crippen molar-refractivity contribution in [3.63, 3.8) is 0 Å². The number of rotatable bonds is 4. The molecule has 0 unspecified atom stereocenters. The number of nitrogens with zero attached hydrogens (tertiary/aromatic N) is 2. The standard InChI is InChI=1S/C13H16N2O2/c1-10-3-4-13(12(5-10)8-16)17-9-11-6-14-15(2)7-11/h3-7,16H,8-9H2,1-2H3. The largest absolute Gasteiger partial charge is 0.488 e. The Labute approximate surface area is 100 Å². The van der Waals surface area contributed by atoms with Gasteiger partial charge in [-0.25, -0.2) is 0 Å². The lowest BCUT2D eigenvalue weighted by Gasteiger charge is -2.09. The third-order valence-electron chi connectivity index (χ3n) is 2.54. The zero-order valence-electron chi connectivity index (χ0n) is 10.1. The van der Waals surface area contributed by atoms with Gasteiger partial charge in [0.2, 0.25) is 0 Å². The van der Waals surface area contributed by atoms with Gasteiger partial charge in [0.05, 0.1) is 12.8 Å². The summed E-state index contributed by atoms with van der Waals surface area (Å²) in [6.45, 7) is 2.44. The van der Waals surface area contributed by atoms with Crippen LogP contribution in [-0.4, -0.2) is 14.9 Å². The van der Waals surface area contributed by atoms with E-state index in [0.29, 0.717) is 6.61 Å². The lowest BCUT2D eigenvalue weighted by atomic mass is 10.1. The molecule has 0 fully saturated rings. The van der Waals surface area contributed by atoms with Gasteiger partial charge in [0.1, 0.15) is 12.4 Å². The Morgan fingerprint density at radius 2 is 2.24 bits per heavy atom. The van der Waals surface area contributed by atoms with Gasteiger partial charge in [-0.3, -0.25) is 4.68 Å². The Morgan fingerprint density at radius 3 is 2.88 bits per heavy atom. The molecule has 4 nitrogen and oxygen atoms in total. The molecule has 0 spiro atoms. The van der Waals surface area contributed by atoms with E-state index < -0.39 is 0 Å². The van der Waals surface area contributed by atoms with Crippen LogP contribution in [0.2, 0.25) is 0 Å². The molecule has 0 aliphatic carbocycles. The van der Waals surface area contributed by atoms with Gasteiger partial charge < -0.3 is 9.84 Å². The summed E-state index contributed by atoms with van der Waals surface area (Å²) in [5, 5.41) is 13.3. The molecular formula is C13H16N2O2. The first-order valence-electron chi connectivity index (χ1n) is 5.50. The van der Waals surface area contributed by atoms with Crippen molar-refractivity contribution in [1.29, 1.82) is 0 Å². The van der Waals surface area contributed by atoms with Crippen molar-refractivity contribution in [3.8, 4) is 5.75 Å². The van der Waals surface area contributed by atoms with E-state index in [9.17, 15) is 5.11 Å². The molecule has 0 amide bonds. The average molecular weight is 232 g/mol. The van der Waals surface area contributed by atoms with Crippen LogP contribution in [0.25, 0.3) is 0 Å². The van der Waals surface area contributed by atoms with E-state index in [1.165, 1.54) is 0 Å². The van der Waals surface area contributed by atoms with Crippen molar-refractivity contribution < 1.29 is 9.84 Å². The number of aryl methyl sites for hydroxylation is 2. The van der Waals surface area contributed by atoms with E-state index in [4.69, 9.17) is 4.74 Å². The Morgan fingerprint density at radius 1 is 1.41 bits per heavy atom. The van der Waals surface area contributed by atoms with Crippen LogP contribution >= 0.6 is 0 Å². The van der Waals surface area contributed by atoms with E-state index in [2.05, 4.69) is 5.10 Å². The van der Waals surface area contributed by atoms with E-state index in [-0.39, 0.29) is 6.61 Å². The molecule has 90 valence electrons. The maximum atomic E-state index is 9.25. The second-order valence-electron chi connectivity index (χ2n) is 4.08. The molecule has 4 heteroatoms. The summed E-state index contributed by atoms with van der Waals surface area (Å²) in [6, 6.07) is 5.79. The van der Waals surface area contributed by atoms with Gasteiger partial charge >= 0.3 is 0 Å². The molecule has 2 rings (SSSR count). The zero-order valence-corrected chi connectivity index (χ0v) is 10.1. The fourth-order valence-corrected chi connectivity index (χ4v) is 1.68. The molecular weight excluding hydrogens is 216 g/mol. The van der Waals surface area contributed by atoms with Crippen molar-refractivity contribution in [1.82, 2.24) is 9.78 Å². The maximum Gasteiger partial charge on any atom is 0.125 e. The molecule has 1 N–H and O–H groups in total. The highest BCUT2D eigenvalue weighted by Crippen LogP contribution is 2.21. The lowest BCUT2D eigenvalue weighted by molar-refractivity contribution is 0.259. The summed E-state index contributed by atoms with van der Waals surface area (Å²) in [5.41, 5.74) is 2.94. The van der Waals surface area contributed by atoms with Gasteiger partial charge in [0, 0.05) is 24.4 Å². The van der Waals surface area contributed by atoms with Crippen molar-refractivity contribution in [2.45, 2.75) is 20.1 Å². The number of benzene rings is 1. The first kappa shape index (κ1) is 11.7. The highest BCUT2D eigenvalue weighted by molar-refractivity contribution is 5.36. The fourth-order valence-electron chi connectivity index (χ4n) is 1.68. The third-order valence-corrected chi connectivity index (χ3v) is 2.54. The molecule has 0 bridgehead atoms. The molecule has 2 aromatic rings. The number of ether oxygens (including phenoxy) is 1. The van der Waals surface area contributed by atoms with E-state index in [1.807, 2.05) is 38.4 Å². The second kappa shape index (κ2) is 5.01. The SMILES string of the molecule is Cc1ccc(OCc2cnn(C)c2)c(CO)c1. The summed E-state index contributed by atoms with van der Waals surface area (Å²) < 4.78 is 7.41. The van der Waals surface area contributed by atoms with Crippen LogP contribution < -0.4 is 4.74 Å². The minimum absolute atomic E-state index is 0.00987. The number of aliphatic hydroxyl groups excluding tert-OH is 1. The summed E-state index contributed by atoms with van der Waals surface area (Å²) in [5.74, 6) is 0.724. The van der Waals surface area contributed by atoms with Crippen LogP contribution in [0.15, 0.2) is 30.6 Å². The van der Waals surface area contributed by atoms with E-state index >= 15 is 0 Å². The predicted molar refractivity (Wildman–Crippen MR) is 64.6 cm³/mol. The Bertz CT molecular complexity index is 506. The fraction of sp³-hybridized carbons (Fsp3) is 0.308. The molecule has 0 saturated heterocycles. The lowest BCUT2D eigenvalue weighted by Crippen LogP contribution is -1.98. The van der Waals surface area contributed by atoms with Gasteiger partial charge in [-0.1, -0.05) is 17.7 Å². The Balaban J connectivity index is 2.08. The minimum Gasteiger partial charge on any atom is -0.488 e. The molecule has 17 heavy (non-hydrogen) atoms. The number of hydrogen-bond donors (Lipinski definition) is 1. The zero-order chi connectivity index (χ0) is 12.3. The molecule has 0 atom stereocenters. The molecule has 0 aliphatic heterocycles. The third kappa shape index (κ3) is 2.85. The smallest absolute Gasteiger partial charge is 0.125 e. The van der Waals surface area contributed by atoms with Crippen molar-refractivity contribution in [2.24, 2.45) is 7.05 Å². The molecule has 1 heterocycles. The number of aromatic nitrogens is 2.